The summed E-state index contributed by atoms with van der Waals surface area (Å²) in [6.45, 7) is 5.92. The number of thioether (sulfide) groups is 1. The number of nitrogens with zero attached hydrogens (tertiary/aromatic N) is 2. The van der Waals surface area contributed by atoms with E-state index in [2.05, 4.69) is 4.98 Å². The van der Waals surface area contributed by atoms with Crippen LogP contribution in [0.15, 0.2) is 46.2 Å². The number of rotatable bonds is 10. The summed E-state index contributed by atoms with van der Waals surface area (Å²) in [4.78, 5) is 28.7. The maximum absolute atomic E-state index is 12.2. The lowest BCUT2D eigenvalue weighted by Gasteiger charge is -2.21. The number of allylic oxidation sites excluding steroid dienone is 3. The van der Waals surface area contributed by atoms with Crippen molar-refractivity contribution >= 4 is 35.2 Å². The first-order valence-corrected chi connectivity index (χ1v) is 11.1. The van der Waals surface area contributed by atoms with Crippen molar-refractivity contribution in [1.82, 2.24) is 9.88 Å². The van der Waals surface area contributed by atoms with E-state index in [1.807, 2.05) is 38.2 Å². The van der Waals surface area contributed by atoms with E-state index in [1.165, 1.54) is 28.5 Å². The summed E-state index contributed by atoms with van der Waals surface area (Å²) in [5.74, 6) is -0.477. The second kappa shape index (κ2) is 10.6. The number of carboxylic acids is 1. The van der Waals surface area contributed by atoms with E-state index in [0.29, 0.717) is 23.1 Å². The van der Waals surface area contributed by atoms with Crippen LogP contribution in [-0.4, -0.2) is 62.2 Å². The number of cyclic esters (lactones) is 1. The molecule has 1 aromatic rings. The Balaban J connectivity index is 1.92. The zero-order valence-electron chi connectivity index (χ0n) is 16.6. The molecule has 0 aromatic carbocycles. The van der Waals surface area contributed by atoms with E-state index in [9.17, 15) is 14.7 Å². The standard InChI is InChI=1S/C20H26N2O5S2/c1-4-5-6-9-20(3,26)10-7-8-16-14(2)27-19(25)22(16)11-12-28-18-21-15(13-29-18)17(23)24/h4-9,13-14,16,26H,10-12H2,1-3H3,(H,23,24). The number of ether oxygens (including phenoxy) is 1. The first-order valence-electron chi connectivity index (χ1n) is 9.22. The number of hydrogen-bond donors (Lipinski definition) is 2. The van der Waals surface area contributed by atoms with Crippen molar-refractivity contribution < 1.29 is 24.5 Å². The number of aromatic carboxylic acids is 1. The van der Waals surface area contributed by atoms with Crippen LogP contribution in [0.2, 0.25) is 0 Å². The molecule has 0 spiro atoms. The molecular weight excluding hydrogens is 412 g/mol. The summed E-state index contributed by atoms with van der Waals surface area (Å²) < 4.78 is 5.99. The largest absolute Gasteiger partial charge is 0.476 e. The fourth-order valence-corrected chi connectivity index (χ4v) is 4.52. The molecule has 29 heavy (non-hydrogen) atoms. The number of amides is 1. The summed E-state index contributed by atoms with van der Waals surface area (Å²) in [7, 11) is 0. The predicted octanol–water partition coefficient (Wildman–Crippen LogP) is 3.97. The van der Waals surface area contributed by atoms with Crippen molar-refractivity contribution in [2.45, 2.75) is 49.3 Å². The maximum atomic E-state index is 12.2. The molecule has 2 N–H and O–H groups in total. The Morgan fingerprint density at radius 3 is 2.90 bits per heavy atom. The molecule has 1 amide bonds. The van der Waals surface area contributed by atoms with Crippen LogP contribution >= 0.6 is 23.1 Å². The zero-order chi connectivity index (χ0) is 21.4. The summed E-state index contributed by atoms with van der Waals surface area (Å²) in [5, 5.41) is 20.8. The topological polar surface area (TPSA) is 100.0 Å². The van der Waals surface area contributed by atoms with Gasteiger partial charge in [-0.25, -0.2) is 14.6 Å². The minimum absolute atomic E-state index is 0.0306. The molecule has 1 aliphatic heterocycles. The Bertz CT molecular complexity index is 801. The molecule has 9 heteroatoms. The van der Waals surface area contributed by atoms with Gasteiger partial charge in [0.05, 0.1) is 11.6 Å². The fourth-order valence-electron chi connectivity index (χ4n) is 2.71. The van der Waals surface area contributed by atoms with Gasteiger partial charge >= 0.3 is 12.1 Å². The highest BCUT2D eigenvalue weighted by atomic mass is 32.2. The zero-order valence-corrected chi connectivity index (χ0v) is 18.3. The maximum Gasteiger partial charge on any atom is 0.410 e. The first-order chi connectivity index (χ1) is 13.7. The van der Waals surface area contributed by atoms with Crippen LogP contribution in [0.4, 0.5) is 4.79 Å². The van der Waals surface area contributed by atoms with Gasteiger partial charge in [0, 0.05) is 17.7 Å². The third-order valence-electron chi connectivity index (χ3n) is 4.25. The van der Waals surface area contributed by atoms with Crippen LogP contribution in [0.25, 0.3) is 0 Å². The van der Waals surface area contributed by atoms with Gasteiger partial charge in [-0.05, 0) is 27.2 Å². The Morgan fingerprint density at radius 1 is 1.48 bits per heavy atom. The van der Waals surface area contributed by atoms with Gasteiger partial charge < -0.3 is 14.9 Å². The Morgan fingerprint density at radius 2 is 2.24 bits per heavy atom. The van der Waals surface area contributed by atoms with Crippen LogP contribution in [0, 0.1) is 0 Å². The molecule has 3 atom stereocenters. The first kappa shape index (κ1) is 23.2. The van der Waals surface area contributed by atoms with Gasteiger partial charge in [0.1, 0.15) is 6.10 Å². The molecule has 0 saturated carbocycles. The second-order valence-corrected chi connectivity index (χ2v) is 9.00. The van der Waals surface area contributed by atoms with Gasteiger partial charge in [-0.3, -0.25) is 4.90 Å². The van der Waals surface area contributed by atoms with Gasteiger partial charge in [0.15, 0.2) is 10.0 Å². The molecule has 158 valence electrons. The van der Waals surface area contributed by atoms with Crippen molar-refractivity contribution in [2.75, 3.05) is 12.3 Å². The second-order valence-electron chi connectivity index (χ2n) is 6.80. The van der Waals surface area contributed by atoms with Crippen molar-refractivity contribution in [3.63, 3.8) is 0 Å². The van der Waals surface area contributed by atoms with Gasteiger partial charge in [0.25, 0.3) is 0 Å². The third-order valence-corrected chi connectivity index (χ3v) is 6.25. The normalized spacial score (nSPS) is 22.1. The quantitative estimate of drug-likeness (QED) is 0.324. The number of carbonyl (C=O) groups excluding carboxylic acids is 1. The van der Waals surface area contributed by atoms with Gasteiger partial charge in [-0.2, -0.15) is 0 Å². The predicted molar refractivity (Wildman–Crippen MR) is 115 cm³/mol. The average molecular weight is 439 g/mol. The number of thiazole rings is 1. The lowest BCUT2D eigenvalue weighted by molar-refractivity contribution is 0.0690. The molecule has 1 aromatic heterocycles. The van der Waals surface area contributed by atoms with Crippen LogP contribution in [-0.2, 0) is 4.74 Å². The van der Waals surface area contributed by atoms with E-state index in [4.69, 9.17) is 9.84 Å². The fraction of sp³-hybridized carbons (Fsp3) is 0.450. The van der Waals surface area contributed by atoms with E-state index in [0.717, 1.165) is 0 Å². The van der Waals surface area contributed by atoms with Crippen LogP contribution < -0.4 is 0 Å². The molecule has 0 radical (unpaired) electrons. The number of carbonyl (C=O) groups is 2. The Labute approximate surface area is 178 Å². The highest BCUT2D eigenvalue weighted by molar-refractivity contribution is 8.01. The molecule has 1 saturated heterocycles. The van der Waals surface area contributed by atoms with Crippen LogP contribution in [0.3, 0.4) is 0 Å². The number of carboxylic acid groups (broad SMARTS) is 1. The third kappa shape index (κ3) is 7.02. The van der Waals surface area contributed by atoms with Gasteiger partial charge in [-0.15, -0.1) is 11.3 Å². The Kier molecular flexibility index (Phi) is 8.48. The lowest BCUT2D eigenvalue weighted by atomic mass is 10.0. The van der Waals surface area contributed by atoms with Crippen LogP contribution in [0.1, 0.15) is 37.7 Å². The van der Waals surface area contributed by atoms with Crippen LogP contribution in [0.5, 0.6) is 0 Å². The molecule has 1 aliphatic rings. The Hall–Kier alpha value is -2.10. The minimum Gasteiger partial charge on any atom is -0.476 e. The SMILES string of the molecule is CC=CC=CC(C)(O)CC=CC1C(C)OC(=O)N1CCSc1nc(C(=O)O)cs1. The van der Waals surface area contributed by atoms with E-state index >= 15 is 0 Å². The molecular formula is C20H26N2O5S2. The molecule has 0 aliphatic carbocycles. The number of hydrogen-bond acceptors (Lipinski definition) is 7. The van der Waals surface area contributed by atoms with Crippen molar-refractivity contribution in [3.8, 4) is 0 Å². The van der Waals surface area contributed by atoms with Crippen molar-refractivity contribution in [1.29, 1.82) is 0 Å². The number of aromatic nitrogens is 1. The highest BCUT2D eigenvalue weighted by Crippen LogP contribution is 2.26. The highest BCUT2D eigenvalue weighted by Gasteiger charge is 2.37. The van der Waals surface area contributed by atoms with Gasteiger partial charge in [-0.1, -0.05) is 48.2 Å². The average Bonchev–Trinajstić information content (AvgIpc) is 3.21. The van der Waals surface area contributed by atoms with E-state index < -0.39 is 11.6 Å². The molecule has 1 fully saturated rings. The summed E-state index contributed by atoms with van der Waals surface area (Å²) in [5.41, 5.74) is -0.946. The van der Waals surface area contributed by atoms with Crippen molar-refractivity contribution in [3.05, 3.63) is 47.5 Å². The molecule has 2 rings (SSSR count). The number of aliphatic hydroxyl groups is 1. The monoisotopic (exact) mass is 438 g/mol. The molecule has 0 bridgehead atoms. The van der Waals surface area contributed by atoms with E-state index in [1.54, 1.807) is 24.0 Å². The minimum atomic E-state index is -1.05. The van der Waals surface area contributed by atoms with Gasteiger partial charge in [0.2, 0.25) is 0 Å². The van der Waals surface area contributed by atoms with E-state index in [-0.39, 0.29) is 23.9 Å². The lowest BCUT2D eigenvalue weighted by Crippen LogP contribution is -2.36. The molecule has 7 nitrogen and oxygen atoms in total. The summed E-state index contributed by atoms with van der Waals surface area (Å²) in [6.07, 6.45) is 10.8. The molecule has 2 heterocycles. The summed E-state index contributed by atoms with van der Waals surface area (Å²) in [6, 6.07) is -0.218. The van der Waals surface area contributed by atoms with Crippen molar-refractivity contribution in [2.24, 2.45) is 0 Å². The smallest absolute Gasteiger partial charge is 0.410 e. The summed E-state index contributed by atoms with van der Waals surface area (Å²) >= 11 is 2.68. The molecule has 3 unspecified atom stereocenters.